The molecule has 2 aromatic rings. The van der Waals surface area contributed by atoms with Crippen molar-refractivity contribution in [2.75, 3.05) is 5.32 Å². The Bertz CT molecular complexity index is 695. The predicted octanol–water partition coefficient (Wildman–Crippen LogP) is 3.67. The molecule has 0 aliphatic rings. The first-order chi connectivity index (χ1) is 9.79. The molecule has 0 aliphatic carbocycles. The largest absolute Gasteiger partial charge is 0.324 e. The first-order valence-electron chi connectivity index (χ1n) is 5.93. The lowest BCUT2D eigenvalue weighted by molar-refractivity contribution is -0.116. The molecule has 8 heteroatoms. The molecule has 1 amide bonds. The van der Waals surface area contributed by atoms with E-state index in [2.05, 4.69) is 10.4 Å². The maximum atomic E-state index is 13.4. The molecule has 21 heavy (non-hydrogen) atoms. The highest BCUT2D eigenvalue weighted by molar-refractivity contribution is 14.1. The Kier molecular flexibility index (Phi) is 4.82. The lowest BCUT2D eigenvalue weighted by atomic mass is 10.3. The summed E-state index contributed by atoms with van der Waals surface area (Å²) in [5.74, 6) is -1.89. The quantitative estimate of drug-likeness (QED) is 0.602. The summed E-state index contributed by atoms with van der Waals surface area (Å²) in [6.07, 6.45) is 0. The Labute approximate surface area is 138 Å². The minimum atomic E-state index is -0.722. The molecule has 0 unspecified atom stereocenters. The van der Waals surface area contributed by atoms with Crippen LogP contribution in [0.2, 0.25) is 5.02 Å². The number of halogens is 4. The van der Waals surface area contributed by atoms with Crippen LogP contribution in [0.25, 0.3) is 0 Å². The van der Waals surface area contributed by atoms with E-state index in [0.29, 0.717) is 16.4 Å². The molecule has 1 heterocycles. The molecule has 0 radical (unpaired) electrons. The zero-order valence-corrected chi connectivity index (χ0v) is 14.1. The van der Waals surface area contributed by atoms with E-state index in [4.69, 9.17) is 11.6 Å². The fraction of sp³-hybridized carbons (Fsp3) is 0.231. The number of hydrogen-bond donors (Lipinski definition) is 1. The second kappa shape index (κ2) is 6.27. The van der Waals surface area contributed by atoms with Gasteiger partial charge in [0.1, 0.15) is 18.2 Å². The molecule has 1 aromatic heterocycles. The Balaban J connectivity index is 2.13. The minimum Gasteiger partial charge on any atom is -0.324 e. The summed E-state index contributed by atoms with van der Waals surface area (Å²) < 4.78 is 28.1. The van der Waals surface area contributed by atoms with Crippen molar-refractivity contribution in [2.45, 2.75) is 20.4 Å². The number of benzene rings is 1. The number of amides is 1. The van der Waals surface area contributed by atoms with Crippen LogP contribution < -0.4 is 5.32 Å². The zero-order valence-electron chi connectivity index (χ0n) is 11.2. The zero-order chi connectivity index (χ0) is 15.7. The lowest BCUT2D eigenvalue weighted by Gasteiger charge is -2.08. The van der Waals surface area contributed by atoms with Gasteiger partial charge in [-0.2, -0.15) is 5.10 Å². The highest BCUT2D eigenvalue weighted by Crippen LogP contribution is 2.21. The number of anilines is 1. The van der Waals surface area contributed by atoms with Crippen LogP contribution in [0.5, 0.6) is 0 Å². The fourth-order valence-corrected chi connectivity index (χ4v) is 2.24. The highest BCUT2D eigenvalue weighted by Gasteiger charge is 2.14. The molecule has 0 atom stereocenters. The predicted molar refractivity (Wildman–Crippen MR) is 84.4 cm³/mol. The van der Waals surface area contributed by atoms with Crippen LogP contribution in [0.4, 0.5) is 14.5 Å². The van der Waals surface area contributed by atoms with Crippen molar-refractivity contribution in [3.63, 3.8) is 0 Å². The van der Waals surface area contributed by atoms with E-state index in [1.165, 1.54) is 4.68 Å². The molecule has 1 aromatic carbocycles. The number of nitrogens with zero attached hydrogens (tertiary/aromatic N) is 2. The van der Waals surface area contributed by atoms with Crippen molar-refractivity contribution < 1.29 is 13.6 Å². The van der Waals surface area contributed by atoms with Gasteiger partial charge in [0, 0.05) is 5.69 Å². The molecule has 1 N–H and O–H groups in total. The van der Waals surface area contributed by atoms with Gasteiger partial charge in [0.05, 0.1) is 20.0 Å². The van der Waals surface area contributed by atoms with Gasteiger partial charge in [-0.3, -0.25) is 9.48 Å². The van der Waals surface area contributed by atoms with Crippen LogP contribution in [0, 0.1) is 29.1 Å². The van der Waals surface area contributed by atoms with E-state index in [1.807, 2.05) is 0 Å². The van der Waals surface area contributed by atoms with Crippen molar-refractivity contribution >= 4 is 45.8 Å². The van der Waals surface area contributed by atoms with Gasteiger partial charge in [-0.25, -0.2) is 8.78 Å². The third kappa shape index (κ3) is 3.52. The maximum Gasteiger partial charge on any atom is 0.246 e. The van der Waals surface area contributed by atoms with Gasteiger partial charge in [0.2, 0.25) is 5.91 Å². The third-order valence-corrected chi connectivity index (χ3v) is 4.43. The fourth-order valence-electron chi connectivity index (χ4n) is 1.79. The molecule has 0 spiro atoms. The summed E-state index contributed by atoms with van der Waals surface area (Å²) in [6, 6.07) is 2.13. The Morgan fingerprint density at radius 1 is 1.38 bits per heavy atom. The first-order valence-corrected chi connectivity index (χ1v) is 7.39. The van der Waals surface area contributed by atoms with E-state index in [9.17, 15) is 13.6 Å². The molecular formula is C13H11ClF2IN3O. The molecule has 112 valence electrons. The van der Waals surface area contributed by atoms with Crippen molar-refractivity contribution in [2.24, 2.45) is 0 Å². The summed E-state index contributed by atoms with van der Waals surface area (Å²) in [4.78, 5) is 11.9. The molecule has 0 saturated carbocycles. The van der Waals surface area contributed by atoms with Crippen LogP contribution in [0.1, 0.15) is 11.4 Å². The van der Waals surface area contributed by atoms with Gasteiger partial charge in [-0.1, -0.05) is 11.6 Å². The number of carbonyl (C=O) groups excluding carboxylic acids is 1. The van der Waals surface area contributed by atoms with Crippen molar-refractivity contribution in [3.8, 4) is 0 Å². The van der Waals surface area contributed by atoms with Crippen LogP contribution in [-0.4, -0.2) is 15.7 Å². The highest BCUT2D eigenvalue weighted by atomic mass is 127. The van der Waals surface area contributed by atoms with Gasteiger partial charge in [0.15, 0.2) is 0 Å². The molecule has 4 nitrogen and oxygen atoms in total. The van der Waals surface area contributed by atoms with E-state index in [1.54, 1.807) is 36.4 Å². The number of nitrogens with one attached hydrogen (secondary N) is 1. The Morgan fingerprint density at radius 3 is 2.43 bits per heavy atom. The van der Waals surface area contributed by atoms with E-state index in [-0.39, 0.29) is 15.8 Å². The van der Waals surface area contributed by atoms with Gasteiger partial charge in [0.25, 0.3) is 0 Å². The lowest BCUT2D eigenvalue weighted by Crippen LogP contribution is -2.20. The van der Waals surface area contributed by atoms with Gasteiger partial charge in [-0.15, -0.1) is 0 Å². The van der Waals surface area contributed by atoms with Crippen LogP contribution in [0.15, 0.2) is 12.1 Å². The Morgan fingerprint density at radius 2 is 1.95 bits per heavy atom. The number of rotatable bonds is 3. The number of hydrogen-bond acceptors (Lipinski definition) is 2. The van der Waals surface area contributed by atoms with E-state index >= 15 is 0 Å². The van der Waals surface area contributed by atoms with Crippen molar-refractivity contribution in [3.05, 3.63) is 43.7 Å². The first kappa shape index (κ1) is 16.2. The summed E-state index contributed by atoms with van der Waals surface area (Å²) >= 11 is 7.54. The third-order valence-electron chi connectivity index (χ3n) is 2.85. The molecule has 0 bridgehead atoms. The molecule has 0 aliphatic heterocycles. The number of carbonyl (C=O) groups is 1. The normalized spacial score (nSPS) is 10.8. The van der Waals surface area contributed by atoms with Crippen LogP contribution >= 0.6 is 34.2 Å². The van der Waals surface area contributed by atoms with Crippen molar-refractivity contribution in [1.29, 1.82) is 0 Å². The van der Waals surface area contributed by atoms with E-state index in [0.717, 1.165) is 12.1 Å². The maximum absolute atomic E-state index is 13.4. The van der Waals surface area contributed by atoms with Gasteiger partial charge < -0.3 is 5.32 Å². The number of aromatic nitrogens is 2. The summed E-state index contributed by atoms with van der Waals surface area (Å²) in [7, 11) is 0. The number of aryl methyl sites for hydroxylation is 1. The average Bonchev–Trinajstić information content (AvgIpc) is 2.63. The SMILES string of the molecule is Cc1nn(CC(=O)Nc2cc(F)c(I)c(F)c2)c(C)c1Cl. The summed E-state index contributed by atoms with van der Waals surface area (Å²) in [5, 5.41) is 7.04. The van der Waals surface area contributed by atoms with Crippen molar-refractivity contribution in [1.82, 2.24) is 9.78 Å². The van der Waals surface area contributed by atoms with Crippen LogP contribution in [-0.2, 0) is 11.3 Å². The molecular weight excluding hydrogens is 415 g/mol. The second-order valence-electron chi connectivity index (χ2n) is 4.44. The summed E-state index contributed by atoms with van der Waals surface area (Å²) in [5.41, 5.74) is 1.33. The minimum absolute atomic E-state index is 0.0584. The molecule has 0 fully saturated rings. The Hall–Kier alpha value is -1.22. The topological polar surface area (TPSA) is 46.9 Å². The standard InChI is InChI=1S/C13H11ClF2IN3O/c1-6-12(14)7(2)20(19-6)5-11(21)18-8-3-9(15)13(17)10(16)4-8/h3-4H,5H2,1-2H3,(H,18,21). The van der Waals surface area contributed by atoms with Crippen LogP contribution in [0.3, 0.4) is 0 Å². The average molecular weight is 426 g/mol. The van der Waals surface area contributed by atoms with Gasteiger partial charge >= 0.3 is 0 Å². The molecule has 0 saturated heterocycles. The van der Waals surface area contributed by atoms with Gasteiger partial charge in [-0.05, 0) is 48.6 Å². The monoisotopic (exact) mass is 425 g/mol. The molecule has 2 rings (SSSR count). The van der Waals surface area contributed by atoms with E-state index < -0.39 is 17.5 Å². The smallest absolute Gasteiger partial charge is 0.246 e. The summed E-state index contributed by atoms with van der Waals surface area (Å²) in [6.45, 7) is 3.38. The second-order valence-corrected chi connectivity index (χ2v) is 5.90.